The number of nitrogens with zero attached hydrogens (tertiary/aromatic N) is 2. The van der Waals surface area contributed by atoms with E-state index in [1.165, 1.54) is 6.33 Å². The fraction of sp³-hybridized carbons (Fsp3) is 0.286. The summed E-state index contributed by atoms with van der Waals surface area (Å²) in [5.74, 6) is -0.0372. The Balaban J connectivity index is 1.70. The molecule has 1 amide bonds. The van der Waals surface area contributed by atoms with Crippen molar-refractivity contribution < 1.29 is 4.79 Å². The summed E-state index contributed by atoms with van der Waals surface area (Å²) in [5.41, 5.74) is 1.13. The topological polar surface area (TPSA) is 46.9 Å². The van der Waals surface area contributed by atoms with Gasteiger partial charge in [-0.15, -0.1) is 0 Å². The Hall–Kier alpha value is -1.23. The Labute approximate surface area is 138 Å². The van der Waals surface area contributed by atoms with Crippen molar-refractivity contribution in [1.29, 1.82) is 0 Å². The first kappa shape index (κ1) is 16.1. The summed E-state index contributed by atoms with van der Waals surface area (Å²) in [4.78, 5) is 15.6. The number of hydrogen-bond donors (Lipinski definition) is 1. The van der Waals surface area contributed by atoms with E-state index in [-0.39, 0.29) is 11.1 Å². The molecule has 2 aromatic rings. The number of carbonyl (C=O) groups excluding carboxylic acids is 1. The average Bonchev–Trinajstić information content (AvgIpc) is 2.79. The highest BCUT2D eigenvalue weighted by atomic mass is 35.5. The van der Waals surface area contributed by atoms with Gasteiger partial charge in [-0.05, 0) is 24.1 Å². The summed E-state index contributed by atoms with van der Waals surface area (Å²) in [6, 6.07) is 7.57. The molecule has 2 rings (SSSR count). The average molecular weight is 347 g/mol. The number of benzene rings is 1. The number of aromatic nitrogens is 2. The van der Waals surface area contributed by atoms with Gasteiger partial charge in [-0.2, -0.15) is 0 Å². The molecule has 7 heteroatoms. The standard InChI is InChI=1S/C14H14Cl3N3O/c15-11-3-1-10(2-4-11)5-7-18-12(21)6-8-20-9-19-13(16)14(20)17/h1-4,9H,5-8H2,(H,18,21). The first-order valence-corrected chi connectivity index (χ1v) is 7.57. The third kappa shape index (κ3) is 4.92. The van der Waals surface area contributed by atoms with Gasteiger partial charge in [-0.25, -0.2) is 4.98 Å². The van der Waals surface area contributed by atoms with E-state index in [2.05, 4.69) is 10.3 Å². The van der Waals surface area contributed by atoms with E-state index >= 15 is 0 Å². The van der Waals surface area contributed by atoms with E-state index in [0.29, 0.717) is 29.7 Å². The van der Waals surface area contributed by atoms with Gasteiger partial charge in [0.25, 0.3) is 0 Å². The zero-order chi connectivity index (χ0) is 15.2. The second-order valence-electron chi connectivity index (χ2n) is 4.50. The second-order valence-corrected chi connectivity index (χ2v) is 5.65. The molecule has 1 N–H and O–H groups in total. The lowest BCUT2D eigenvalue weighted by atomic mass is 10.1. The number of nitrogens with one attached hydrogen (secondary N) is 1. The third-order valence-corrected chi connectivity index (χ3v) is 3.98. The fourth-order valence-corrected chi connectivity index (χ4v) is 2.26. The predicted octanol–water partition coefficient (Wildman–Crippen LogP) is 3.59. The lowest BCUT2D eigenvalue weighted by Gasteiger charge is -2.06. The molecular formula is C14H14Cl3N3O. The van der Waals surface area contributed by atoms with Gasteiger partial charge in [0, 0.05) is 24.5 Å². The van der Waals surface area contributed by atoms with E-state index in [1.807, 2.05) is 24.3 Å². The first-order valence-electron chi connectivity index (χ1n) is 6.43. The molecule has 1 heterocycles. The molecule has 0 spiro atoms. The highest BCUT2D eigenvalue weighted by Crippen LogP contribution is 2.19. The summed E-state index contributed by atoms with van der Waals surface area (Å²) in [6.45, 7) is 1.03. The third-order valence-electron chi connectivity index (χ3n) is 2.96. The molecule has 1 aromatic heterocycles. The molecule has 0 bridgehead atoms. The van der Waals surface area contributed by atoms with Crippen LogP contribution in [0.1, 0.15) is 12.0 Å². The highest BCUT2D eigenvalue weighted by Gasteiger charge is 2.08. The van der Waals surface area contributed by atoms with Crippen molar-refractivity contribution in [3.8, 4) is 0 Å². The minimum Gasteiger partial charge on any atom is -0.356 e. The van der Waals surface area contributed by atoms with Crippen LogP contribution in [0.5, 0.6) is 0 Å². The molecule has 1 aromatic carbocycles. The molecule has 0 atom stereocenters. The number of amides is 1. The number of hydrogen-bond acceptors (Lipinski definition) is 2. The number of imidazole rings is 1. The minimum absolute atomic E-state index is 0.0372. The molecule has 0 radical (unpaired) electrons. The molecule has 0 fully saturated rings. The quantitative estimate of drug-likeness (QED) is 0.869. The lowest BCUT2D eigenvalue weighted by Crippen LogP contribution is -2.26. The van der Waals surface area contributed by atoms with Crippen molar-refractivity contribution in [1.82, 2.24) is 14.9 Å². The monoisotopic (exact) mass is 345 g/mol. The van der Waals surface area contributed by atoms with Gasteiger partial charge in [0.15, 0.2) is 5.15 Å². The van der Waals surface area contributed by atoms with Gasteiger partial charge in [-0.1, -0.05) is 46.9 Å². The van der Waals surface area contributed by atoms with E-state index < -0.39 is 0 Å². The lowest BCUT2D eigenvalue weighted by molar-refractivity contribution is -0.121. The Kier molecular flexibility index (Phi) is 5.91. The minimum atomic E-state index is -0.0372. The maximum Gasteiger partial charge on any atom is 0.221 e. The number of carbonyl (C=O) groups is 1. The summed E-state index contributed by atoms with van der Waals surface area (Å²) in [5, 5.41) is 4.17. The molecule has 0 unspecified atom stereocenters. The number of rotatable bonds is 6. The highest BCUT2D eigenvalue weighted by molar-refractivity contribution is 6.40. The Morgan fingerprint density at radius 2 is 1.90 bits per heavy atom. The maximum atomic E-state index is 11.7. The van der Waals surface area contributed by atoms with Crippen LogP contribution in [0.25, 0.3) is 0 Å². The van der Waals surface area contributed by atoms with Crippen molar-refractivity contribution in [2.45, 2.75) is 19.4 Å². The Morgan fingerprint density at radius 1 is 1.19 bits per heavy atom. The molecule has 4 nitrogen and oxygen atoms in total. The van der Waals surface area contributed by atoms with Crippen molar-refractivity contribution in [2.24, 2.45) is 0 Å². The zero-order valence-electron chi connectivity index (χ0n) is 11.2. The van der Waals surface area contributed by atoms with Crippen LogP contribution in [0.3, 0.4) is 0 Å². The molecule has 0 aliphatic heterocycles. The summed E-state index contributed by atoms with van der Waals surface area (Å²) >= 11 is 17.5. The van der Waals surface area contributed by atoms with Gasteiger partial charge >= 0.3 is 0 Å². The summed E-state index contributed by atoms with van der Waals surface area (Å²) < 4.78 is 1.64. The SMILES string of the molecule is O=C(CCn1cnc(Cl)c1Cl)NCCc1ccc(Cl)cc1. The van der Waals surface area contributed by atoms with Crippen LogP contribution in [0.2, 0.25) is 15.3 Å². The van der Waals surface area contributed by atoms with Crippen molar-refractivity contribution in [2.75, 3.05) is 6.54 Å². The van der Waals surface area contributed by atoms with Crippen LogP contribution in [0, 0.1) is 0 Å². The molecule has 112 valence electrons. The maximum absolute atomic E-state index is 11.7. The van der Waals surface area contributed by atoms with Gasteiger partial charge in [0.1, 0.15) is 5.15 Å². The van der Waals surface area contributed by atoms with E-state index in [9.17, 15) is 4.79 Å². The van der Waals surface area contributed by atoms with Gasteiger partial charge in [-0.3, -0.25) is 4.79 Å². The van der Waals surface area contributed by atoms with Gasteiger partial charge in [0.05, 0.1) is 6.33 Å². The smallest absolute Gasteiger partial charge is 0.221 e. The van der Waals surface area contributed by atoms with Crippen molar-refractivity contribution in [3.05, 3.63) is 51.5 Å². The van der Waals surface area contributed by atoms with Crippen LogP contribution in [-0.4, -0.2) is 22.0 Å². The fourth-order valence-electron chi connectivity index (χ4n) is 1.81. The molecule has 0 aliphatic rings. The first-order chi connectivity index (χ1) is 10.1. The molecule has 0 saturated heterocycles. The normalized spacial score (nSPS) is 10.6. The van der Waals surface area contributed by atoms with E-state index in [1.54, 1.807) is 4.57 Å². The van der Waals surface area contributed by atoms with Crippen LogP contribution in [0.4, 0.5) is 0 Å². The Bertz CT molecular complexity index is 610. The molecule has 0 aliphatic carbocycles. The van der Waals surface area contributed by atoms with Crippen LogP contribution in [0.15, 0.2) is 30.6 Å². The Morgan fingerprint density at radius 3 is 2.52 bits per heavy atom. The van der Waals surface area contributed by atoms with Gasteiger partial charge < -0.3 is 9.88 Å². The second kappa shape index (κ2) is 7.69. The van der Waals surface area contributed by atoms with Gasteiger partial charge in [0.2, 0.25) is 5.91 Å². The largest absolute Gasteiger partial charge is 0.356 e. The summed E-state index contributed by atoms with van der Waals surface area (Å²) in [7, 11) is 0. The van der Waals surface area contributed by atoms with Crippen LogP contribution < -0.4 is 5.32 Å². The molecule has 21 heavy (non-hydrogen) atoms. The van der Waals surface area contributed by atoms with E-state index in [0.717, 1.165) is 12.0 Å². The van der Waals surface area contributed by atoms with Crippen molar-refractivity contribution in [3.63, 3.8) is 0 Å². The van der Waals surface area contributed by atoms with Crippen molar-refractivity contribution >= 4 is 40.7 Å². The predicted molar refractivity (Wildman–Crippen MR) is 85.0 cm³/mol. The summed E-state index contributed by atoms with van der Waals surface area (Å²) in [6.07, 6.45) is 2.61. The number of aryl methyl sites for hydroxylation is 1. The van der Waals surface area contributed by atoms with Crippen LogP contribution in [-0.2, 0) is 17.8 Å². The van der Waals surface area contributed by atoms with E-state index in [4.69, 9.17) is 34.8 Å². The molecule has 0 saturated carbocycles. The zero-order valence-corrected chi connectivity index (χ0v) is 13.4. The molecular weight excluding hydrogens is 333 g/mol. The van der Waals surface area contributed by atoms with Crippen LogP contribution >= 0.6 is 34.8 Å². The number of halogens is 3.